The van der Waals surface area contributed by atoms with E-state index in [2.05, 4.69) is 237 Å². The van der Waals surface area contributed by atoms with Crippen LogP contribution in [0.5, 0.6) is 0 Å². The number of nitrogens with zero attached hydrogens (tertiary/aromatic N) is 6. The number of hydrogen-bond donors (Lipinski definition) is 0. The Morgan fingerprint density at radius 1 is 0.281 bits per heavy atom. The monoisotopic (exact) mass is 1140 g/mol. The molecule has 19 rings (SSSR count). The summed E-state index contributed by atoms with van der Waals surface area (Å²) in [5, 5.41) is 7.36. The Morgan fingerprint density at radius 3 is 1.35 bits per heavy atom. The lowest BCUT2D eigenvalue weighted by Crippen LogP contribution is -2.15. The van der Waals surface area contributed by atoms with Crippen LogP contribution in [0.15, 0.2) is 260 Å². The quantitative estimate of drug-likeness (QED) is 0.166. The van der Waals surface area contributed by atoms with Crippen LogP contribution in [0.2, 0.25) is 0 Å². The Labute approximate surface area is 512 Å². The molecular weight excluding hydrogens is 1080 g/mol. The van der Waals surface area contributed by atoms with Crippen LogP contribution in [0.4, 0.5) is 0 Å². The Hall–Kier alpha value is -11.3. The van der Waals surface area contributed by atoms with Gasteiger partial charge in [0.25, 0.3) is 5.56 Å². The van der Waals surface area contributed by atoms with Gasteiger partial charge in [0.05, 0.1) is 44.0 Å². The first kappa shape index (κ1) is 49.9. The second-order valence-corrected chi connectivity index (χ2v) is 25.5. The highest BCUT2D eigenvalue weighted by Crippen LogP contribution is 2.55. The third-order valence-corrected chi connectivity index (χ3v) is 20.0. The van der Waals surface area contributed by atoms with Gasteiger partial charge in [0.1, 0.15) is 0 Å². The van der Waals surface area contributed by atoms with Crippen LogP contribution in [0, 0.1) is 0 Å². The van der Waals surface area contributed by atoms with Gasteiger partial charge >= 0.3 is 0 Å². The van der Waals surface area contributed by atoms with Gasteiger partial charge < -0.3 is 4.40 Å². The van der Waals surface area contributed by atoms with Gasteiger partial charge in [-0.3, -0.25) is 13.8 Å². The zero-order chi connectivity index (χ0) is 59.2. The maximum atomic E-state index is 15.1. The van der Waals surface area contributed by atoms with E-state index in [1.54, 1.807) is 0 Å². The summed E-state index contributed by atoms with van der Waals surface area (Å²) in [6, 6.07) is 91.7. The minimum Gasteiger partial charge on any atom is -0.306 e. The Bertz CT molecular complexity index is 5930. The molecule has 0 aliphatic heterocycles. The Kier molecular flexibility index (Phi) is 10.0. The normalized spacial score (nSPS) is 13.8. The van der Waals surface area contributed by atoms with Gasteiger partial charge in [0.2, 0.25) is 5.95 Å². The second-order valence-electron chi connectivity index (χ2n) is 25.5. The number of fused-ring (bicyclic) bond motifs is 17. The molecule has 89 heavy (non-hydrogen) atoms. The highest BCUT2D eigenvalue weighted by atomic mass is 16.1. The molecule has 5 aromatic heterocycles. The van der Waals surface area contributed by atoms with E-state index in [4.69, 9.17) is 15.0 Å². The van der Waals surface area contributed by atoms with Gasteiger partial charge in [0.15, 0.2) is 11.6 Å². The first-order valence-corrected chi connectivity index (χ1v) is 30.7. The zero-order valence-corrected chi connectivity index (χ0v) is 49.3. The van der Waals surface area contributed by atoms with Crippen LogP contribution in [0.3, 0.4) is 0 Å². The maximum absolute atomic E-state index is 15.1. The molecule has 5 heterocycles. The summed E-state index contributed by atoms with van der Waals surface area (Å²) in [6.45, 7) is 9.42. The summed E-state index contributed by atoms with van der Waals surface area (Å²) in [4.78, 5) is 31.0. The van der Waals surface area contributed by atoms with Gasteiger partial charge in [-0.15, -0.1) is 0 Å². The molecule has 0 saturated heterocycles. The van der Waals surface area contributed by atoms with Crippen LogP contribution < -0.4 is 5.56 Å². The molecule has 0 unspecified atom stereocenters. The molecule has 2 aliphatic rings. The molecule has 0 atom stereocenters. The third kappa shape index (κ3) is 6.92. The lowest BCUT2D eigenvalue weighted by molar-refractivity contribution is 0.660. The van der Waals surface area contributed by atoms with Crippen molar-refractivity contribution in [3.63, 3.8) is 0 Å². The van der Waals surface area contributed by atoms with Crippen molar-refractivity contribution in [2.24, 2.45) is 0 Å². The molecular formula is C82H54N6O. The Morgan fingerprint density at radius 2 is 0.719 bits per heavy atom. The molecule has 7 heteroatoms. The molecule has 0 bridgehead atoms. The van der Waals surface area contributed by atoms with E-state index in [9.17, 15) is 0 Å². The Balaban J connectivity index is 0.773. The molecule has 0 radical (unpaired) electrons. The van der Waals surface area contributed by atoms with E-state index in [-0.39, 0.29) is 16.4 Å². The van der Waals surface area contributed by atoms with Crippen molar-refractivity contribution in [2.75, 3.05) is 0 Å². The topological polar surface area (TPSA) is 69.5 Å². The van der Waals surface area contributed by atoms with Crippen molar-refractivity contribution in [1.82, 2.24) is 28.3 Å². The van der Waals surface area contributed by atoms with E-state index in [1.807, 2.05) is 59.0 Å². The van der Waals surface area contributed by atoms with Gasteiger partial charge in [0, 0.05) is 54.3 Å². The average Bonchev–Trinajstić information content (AvgIpc) is 1.57. The van der Waals surface area contributed by atoms with Crippen molar-refractivity contribution < 1.29 is 0 Å². The number of hydrogen-bond acceptors (Lipinski definition) is 4. The predicted octanol–water partition coefficient (Wildman–Crippen LogP) is 19.8. The van der Waals surface area contributed by atoms with Gasteiger partial charge in [-0.05, 0) is 151 Å². The number of aromatic nitrogens is 6. The first-order valence-electron chi connectivity index (χ1n) is 30.7. The predicted molar refractivity (Wildman–Crippen MR) is 366 cm³/mol. The third-order valence-electron chi connectivity index (χ3n) is 20.0. The summed E-state index contributed by atoms with van der Waals surface area (Å²) < 4.78 is 6.61. The van der Waals surface area contributed by atoms with Crippen molar-refractivity contribution in [2.45, 2.75) is 38.5 Å². The van der Waals surface area contributed by atoms with Crippen LogP contribution in [0.1, 0.15) is 49.9 Å². The summed E-state index contributed by atoms with van der Waals surface area (Å²) in [6.07, 6.45) is 0. The number of para-hydroxylation sites is 1. The molecule has 7 nitrogen and oxygen atoms in total. The van der Waals surface area contributed by atoms with E-state index in [0.29, 0.717) is 23.0 Å². The molecule has 12 aromatic carbocycles. The zero-order valence-electron chi connectivity index (χ0n) is 49.3. The molecule has 0 spiro atoms. The molecule has 0 amide bonds. The van der Waals surface area contributed by atoms with Crippen molar-refractivity contribution >= 4 is 76.3 Å². The maximum Gasteiger partial charge on any atom is 0.265 e. The molecule has 17 aromatic rings. The van der Waals surface area contributed by atoms with Crippen LogP contribution in [-0.4, -0.2) is 28.3 Å². The molecule has 418 valence electrons. The minimum absolute atomic E-state index is 0.0237. The van der Waals surface area contributed by atoms with Gasteiger partial charge in [-0.1, -0.05) is 210 Å². The largest absolute Gasteiger partial charge is 0.306 e. The van der Waals surface area contributed by atoms with Crippen molar-refractivity contribution in [3.8, 4) is 84.4 Å². The fraction of sp³-hybridized carbons (Fsp3) is 0.0732. The van der Waals surface area contributed by atoms with Crippen molar-refractivity contribution in [1.29, 1.82) is 0 Å². The van der Waals surface area contributed by atoms with E-state index in [0.717, 1.165) is 110 Å². The summed E-state index contributed by atoms with van der Waals surface area (Å²) in [5.41, 5.74) is 25.3. The smallest absolute Gasteiger partial charge is 0.265 e. The average molecular weight is 1140 g/mol. The second kappa shape index (κ2) is 17.9. The molecule has 0 N–H and O–H groups in total. The SMILES string of the molecule is CC1(C)c2ccccc2-c2cc3c4cc5c(cc4n(-c4nc(-c6ccccc6)nc(-c6ccccc6)n4)c3cc21)C(C)(C)c1ccc(-c2cccc(-c3ccc4c(c3)c3ccc6c7cc(-c8ccccc8)ccc7n7c8ccccc8c(=O)n4c3c67)c2)cc1-5. The first-order chi connectivity index (χ1) is 43.5. The lowest BCUT2D eigenvalue weighted by atomic mass is 9.82. The molecule has 2 aliphatic carbocycles. The van der Waals surface area contributed by atoms with E-state index >= 15 is 4.79 Å². The minimum atomic E-state index is -0.323. The highest BCUT2D eigenvalue weighted by molar-refractivity contribution is 6.24. The van der Waals surface area contributed by atoms with Gasteiger partial charge in [-0.2, -0.15) is 9.97 Å². The van der Waals surface area contributed by atoms with Crippen LogP contribution in [-0.2, 0) is 10.8 Å². The standard InChI is InChI=1S/C82H54N6O/c1-81(2)66-29-16-14-27-55(66)60-43-64-65-44-61-59-40-53(31-36-67(59)82(3,4)69(61)46-74(65)87(73(64)45-68(60)81)80-84-77(48-21-10-6-11-22-48)83-78(85-80)49-23-12-7-13-24-49)50-25-18-26-51(39-50)54-33-38-72-63(42-54)57-35-34-56-62-41-52(47-19-8-5-9-20-47)32-37-71(62)86-70-30-17-15-28-58(70)79(89)88(72)76(57)75(56)86/h5-46H,1-4H3. The van der Waals surface area contributed by atoms with Crippen LogP contribution in [0.25, 0.3) is 161 Å². The van der Waals surface area contributed by atoms with Crippen LogP contribution >= 0.6 is 0 Å². The lowest BCUT2D eigenvalue weighted by Gasteiger charge is -2.22. The van der Waals surface area contributed by atoms with E-state index < -0.39 is 0 Å². The number of rotatable bonds is 6. The fourth-order valence-electron chi connectivity index (χ4n) is 15.6. The summed E-state index contributed by atoms with van der Waals surface area (Å²) >= 11 is 0. The highest BCUT2D eigenvalue weighted by Gasteiger charge is 2.39. The molecule has 0 saturated carbocycles. The molecule has 0 fully saturated rings. The summed E-state index contributed by atoms with van der Waals surface area (Å²) in [5.74, 6) is 1.83. The summed E-state index contributed by atoms with van der Waals surface area (Å²) in [7, 11) is 0. The van der Waals surface area contributed by atoms with Crippen molar-refractivity contribution in [3.05, 3.63) is 287 Å². The van der Waals surface area contributed by atoms with E-state index in [1.165, 1.54) is 50.1 Å². The number of benzene rings is 12. The fourth-order valence-corrected chi connectivity index (χ4v) is 15.6. The van der Waals surface area contributed by atoms with Gasteiger partial charge in [-0.25, -0.2) is 4.98 Å².